The standard InChI is InChI=1S/C11H8FNOS.C11H11FO2.C10H9FO2.CH4.Li.H2O/c1-8(12)10-5-3-2-4-9(10)6-11(14)13-7-15;1-8(12)10-6-4-3-5-9(10)7-11(13)14-2;1-7(11)9-5-3-2-4-8(9)6-10(12)13;;;/h2-5H,1,6H2;3-6H,1,7H2,2H3;2-5H,1,6H2,(H,12,13);1H4;;1H2/q;;;;+1;/p-1. The molecule has 0 unspecified atom stereocenters. The molecule has 45 heavy (non-hydrogen) atoms. The monoisotopic (exact) mass is 635 g/mol. The molecule has 234 valence electrons. The molecule has 0 aliphatic rings. The Morgan fingerprint density at radius 1 is 0.756 bits per heavy atom. The second-order valence-corrected chi connectivity index (χ2v) is 8.47. The number of methoxy groups -OCH3 is 1. The number of rotatable bonds is 9. The largest absolute Gasteiger partial charge is 1.00 e. The smallest absolute Gasteiger partial charge is 0.870 e. The van der Waals surface area contributed by atoms with Gasteiger partial charge in [-0.1, -0.05) is 100.0 Å². The fourth-order valence-electron chi connectivity index (χ4n) is 3.46. The number of carboxylic acid groups (broad SMARTS) is 1. The van der Waals surface area contributed by atoms with Crippen LogP contribution in [0.25, 0.3) is 17.5 Å². The van der Waals surface area contributed by atoms with Gasteiger partial charge in [0.15, 0.2) is 0 Å². The van der Waals surface area contributed by atoms with Gasteiger partial charge in [0.25, 0.3) is 5.91 Å². The van der Waals surface area contributed by atoms with Crippen molar-refractivity contribution in [3.63, 3.8) is 0 Å². The van der Waals surface area contributed by atoms with Crippen molar-refractivity contribution in [3.8, 4) is 0 Å². The summed E-state index contributed by atoms with van der Waals surface area (Å²) in [7, 11) is 1.30. The number of hydrogen-bond acceptors (Lipinski definition) is 6. The summed E-state index contributed by atoms with van der Waals surface area (Å²) in [6.45, 7) is 9.53. The molecule has 3 rings (SSSR count). The van der Waals surface area contributed by atoms with Gasteiger partial charge in [0, 0.05) is 16.7 Å². The van der Waals surface area contributed by atoms with Gasteiger partial charge >= 0.3 is 30.8 Å². The maximum Gasteiger partial charge on any atom is 1.00 e. The quantitative estimate of drug-likeness (QED) is 0.154. The summed E-state index contributed by atoms with van der Waals surface area (Å²) < 4.78 is 43.1. The van der Waals surface area contributed by atoms with E-state index in [1.54, 1.807) is 66.7 Å². The maximum atomic E-state index is 13.0. The van der Waals surface area contributed by atoms with Crippen molar-refractivity contribution in [1.29, 1.82) is 0 Å². The Hall–Kier alpha value is -4.36. The number of carboxylic acids is 1. The molecule has 0 spiro atoms. The van der Waals surface area contributed by atoms with Crippen LogP contribution in [0.4, 0.5) is 13.2 Å². The van der Waals surface area contributed by atoms with Gasteiger partial charge in [0.1, 0.15) is 17.5 Å². The number of ether oxygens (including phenoxy) is 1. The molecule has 1 amide bonds. The molecule has 0 fully saturated rings. The van der Waals surface area contributed by atoms with Crippen LogP contribution in [0.15, 0.2) is 97.5 Å². The van der Waals surface area contributed by atoms with Crippen molar-refractivity contribution in [3.05, 3.63) is 126 Å². The zero-order chi connectivity index (χ0) is 31.7. The van der Waals surface area contributed by atoms with Gasteiger partial charge in [-0.15, -0.1) is 0 Å². The van der Waals surface area contributed by atoms with Crippen molar-refractivity contribution in [2.45, 2.75) is 26.7 Å². The van der Waals surface area contributed by atoms with Crippen molar-refractivity contribution in [2.75, 3.05) is 7.11 Å². The molecule has 0 saturated heterocycles. The molecule has 0 aromatic heterocycles. The first-order chi connectivity index (χ1) is 19.9. The fourth-order valence-corrected chi connectivity index (χ4v) is 3.56. The van der Waals surface area contributed by atoms with Gasteiger partial charge in [-0.3, -0.25) is 14.4 Å². The number of aliphatic imine (C=N–C) groups is 1. The van der Waals surface area contributed by atoms with E-state index in [9.17, 15) is 27.6 Å². The molecular weight excluding hydrogens is 602 g/mol. The normalized spacial score (nSPS) is 8.80. The van der Waals surface area contributed by atoms with Gasteiger partial charge in [-0.2, -0.15) is 4.99 Å². The average Bonchev–Trinajstić information content (AvgIpc) is 2.94. The van der Waals surface area contributed by atoms with Gasteiger partial charge in [-0.05, 0) is 28.9 Å². The van der Waals surface area contributed by atoms with E-state index < -0.39 is 35.3 Å². The van der Waals surface area contributed by atoms with Crippen LogP contribution in [-0.2, 0) is 38.4 Å². The molecule has 0 aliphatic carbocycles. The number of carbonyl (C=O) groups is 3. The van der Waals surface area contributed by atoms with Crippen LogP contribution in [0.2, 0.25) is 0 Å². The predicted octanol–water partition coefficient (Wildman–Crippen LogP) is 4.86. The van der Waals surface area contributed by atoms with Gasteiger partial charge in [0.2, 0.25) is 0 Å². The van der Waals surface area contributed by atoms with Crippen LogP contribution in [0.1, 0.15) is 40.8 Å². The molecule has 0 saturated carbocycles. The third-order valence-electron chi connectivity index (χ3n) is 5.35. The summed E-state index contributed by atoms with van der Waals surface area (Å²) in [5.41, 5.74) is 2.53. The Labute approximate surface area is 278 Å². The molecule has 7 nitrogen and oxygen atoms in total. The molecule has 12 heteroatoms. The van der Waals surface area contributed by atoms with Crippen LogP contribution in [0.5, 0.6) is 0 Å². The van der Waals surface area contributed by atoms with Crippen LogP contribution in [0.3, 0.4) is 0 Å². The van der Waals surface area contributed by atoms with Crippen molar-refractivity contribution in [2.24, 2.45) is 4.99 Å². The Morgan fingerprint density at radius 2 is 1.09 bits per heavy atom. The second kappa shape index (κ2) is 24.0. The van der Waals surface area contributed by atoms with Gasteiger partial charge in [-0.25, -0.2) is 13.2 Å². The van der Waals surface area contributed by atoms with Crippen LogP contribution < -0.4 is 18.9 Å². The first kappa shape index (κ1) is 45.1. The molecule has 3 aromatic carbocycles. The number of carbonyl (C=O) groups excluding carboxylic acids is 2. The number of aliphatic carboxylic acids is 1. The summed E-state index contributed by atoms with van der Waals surface area (Å²) in [4.78, 5) is 35.8. The van der Waals surface area contributed by atoms with Crippen LogP contribution >= 0.6 is 12.2 Å². The SMILES string of the molecule is C.C=C(F)c1ccccc1CC(=O)N=C=S.C=C(F)c1ccccc1CC(=O)O.C=C(F)c1ccccc1CC(=O)OC.[Li+].[OH-]. The minimum absolute atomic E-state index is 0. The molecule has 0 bridgehead atoms. The number of halogens is 3. The number of benzene rings is 3. The zero-order valence-corrected chi connectivity index (χ0v) is 25.0. The number of thiocarbonyl (C=S) groups is 1. The van der Waals surface area contributed by atoms with E-state index in [1.165, 1.54) is 13.2 Å². The van der Waals surface area contributed by atoms with Crippen LogP contribution in [0, 0.1) is 0 Å². The third-order valence-corrected chi connectivity index (χ3v) is 5.44. The van der Waals surface area contributed by atoms with E-state index >= 15 is 0 Å². The topological polar surface area (TPSA) is 123 Å². The molecule has 0 radical (unpaired) electrons. The number of isothiocyanates is 1. The number of amides is 1. The molecular formula is C33H33F3LiNO6S. The van der Waals surface area contributed by atoms with E-state index in [2.05, 4.69) is 41.7 Å². The van der Waals surface area contributed by atoms with E-state index in [1.807, 2.05) is 5.16 Å². The van der Waals surface area contributed by atoms with E-state index in [0.29, 0.717) is 27.8 Å². The average molecular weight is 636 g/mol. The van der Waals surface area contributed by atoms with E-state index in [-0.39, 0.29) is 56.6 Å². The van der Waals surface area contributed by atoms with Crippen LogP contribution in [-0.4, -0.2) is 40.7 Å². The summed E-state index contributed by atoms with van der Waals surface area (Å²) in [6, 6.07) is 19.7. The third kappa shape index (κ3) is 16.9. The first-order valence-corrected chi connectivity index (χ1v) is 12.5. The maximum absolute atomic E-state index is 13.0. The van der Waals surface area contributed by atoms with Crippen molar-refractivity contribution in [1.82, 2.24) is 0 Å². The number of nitrogens with zero attached hydrogens (tertiary/aromatic N) is 1. The van der Waals surface area contributed by atoms with Crippen molar-refractivity contribution >= 4 is 52.7 Å². The minimum atomic E-state index is -0.978. The zero-order valence-electron chi connectivity index (χ0n) is 24.2. The molecule has 0 aliphatic heterocycles. The molecule has 3 aromatic rings. The molecule has 2 N–H and O–H groups in total. The number of hydrogen-bond donors (Lipinski definition) is 1. The summed E-state index contributed by atoms with van der Waals surface area (Å²) >= 11 is 4.30. The van der Waals surface area contributed by atoms with Gasteiger partial charge in [0.05, 0.1) is 31.5 Å². The number of esters is 1. The van der Waals surface area contributed by atoms with Gasteiger partial charge < -0.3 is 15.3 Å². The molecule has 0 atom stereocenters. The van der Waals surface area contributed by atoms with Crippen molar-refractivity contribution < 1.29 is 61.7 Å². The summed E-state index contributed by atoms with van der Waals surface area (Å²) in [5.74, 6) is -3.52. The first-order valence-electron chi connectivity index (χ1n) is 12.1. The van der Waals surface area contributed by atoms with E-state index in [0.717, 1.165) is 0 Å². The molecule has 0 heterocycles. The minimum Gasteiger partial charge on any atom is -0.870 e. The Morgan fingerprint density at radius 3 is 1.40 bits per heavy atom. The fraction of sp³-hybridized carbons (Fsp3) is 0.152. The Kier molecular flexibility index (Phi) is 24.1. The summed E-state index contributed by atoms with van der Waals surface area (Å²) in [5, 5.41) is 10.5. The van der Waals surface area contributed by atoms with E-state index in [4.69, 9.17) is 5.11 Å². The Bertz CT molecular complexity index is 1520. The second-order valence-electron chi connectivity index (χ2n) is 8.28. The summed E-state index contributed by atoms with van der Waals surface area (Å²) in [6.07, 6.45) is -0.114. The Balaban J connectivity index is -0.000000570. The predicted molar refractivity (Wildman–Crippen MR) is 169 cm³/mol.